The molecule has 0 aromatic heterocycles. The zero-order valence-corrected chi connectivity index (χ0v) is 8.75. The van der Waals surface area contributed by atoms with Crippen LogP contribution >= 0.6 is 0 Å². The van der Waals surface area contributed by atoms with Crippen molar-refractivity contribution in [2.45, 2.75) is 50.6 Å². The number of nitrogens with two attached hydrogens (primary N) is 1. The highest BCUT2D eigenvalue weighted by Crippen LogP contribution is 2.27. The number of carbonyl (C=O) groups is 1. The highest BCUT2D eigenvalue weighted by Gasteiger charge is 2.37. The van der Waals surface area contributed by atoms with Crippen LogP contribution in [-0.4, -0.2) is 29.2 Å². The zero-order chi connectivity index (χ0) is 10.6. The van der Waals surface area contributed by atoms with Crippen LogP contribution in [0.4, 0.5) is 0 Å². The Morgan fingerprint density at radius 3 is 2.57 bits per heavy atom. The maximum atomic E-state index is 11.7. The third kappa shape index (κ3) is 2.45. The minimum Gasteiger partial charge on any atom is -0.394 e. The van der Waals surface area contributed by atoms with E-state index in [-0.39, 0.29) is 18.6 Å². The van der Waals surface area contributed by atoms with Gasteiger partial charge in [0, 0.05) is 0 Å². The molecule has 0 unspecified atom stereocenters. The van der Waals surface area contributed by atoms with E-state index < -0.39 is 5.54 Å². The number of aliphatic hydroxyl groups is 1. The van der Waals surface area contributed by atoms with Gasteiger partial charge in [0.15, 0.2) is 0 Å². The Bertz CT molecular complexity index is 196. The van der Waals surface area contributed by atoms with Crippen LogP contribution in [0.5, 0.6) is 0 Å². The van der Waals surface area contributed by atoms with Crippen molar-refractivity contribution in [3.8, 4) is 0 Å². The maximum absolute atomic E-state index is 11.7. The lowest BCUT2D eigenvalue weighted by atomic mass is 9.97. The first-order valence-corrected chi connectivity index (χ1v) is 5.33. The Morgan fingerprint density at radius 2 is 2.14 bits per heavy atom. The van der Waals surface area contributed by atoms with Gasteiger partial charge < -0.3 is 16.2 Å². The summed E-state index contributed by atoms with van der Waals surface area (Å²) in [6.45, 7) is 1.91. The summed E-state index contributed by atoms with van der Waals surface area (Å²) in [5, 5.41) is 11.7. The van der Waals surface area contributed by atoms with Crippen molar-refractivity contribution in [1.29, 1.82) is 0 Å². The van der Waals surface area contributed by atoms with E-state index in [1.54, 1.807) is 0 Å². The first-order chi connectivity index (χ1) is 6.62. The quantitative estimate of drug-likeness (QED) is 0.604. The van der Waals surface area contributed by atoms with Crippen molar-refractivity contribution in [1.82, 2.24) is 5.32 Å². The second-order valence-electron chi connectivity index (χ2n) is 4.12. The van der Waals surface area contributed by atoms with Gasteiger partial charge in [-0.2, -0.15) is 0 Å². The molecule has 4 N–H and O–H groups in total. The van der Waals surface area contributed by atoms with Crippen LogP contribution in [0.1, 0.15) is 39.0 Å². The summed E-state index contributed by atoms with van der Waals surface area (Å²) >= 11 is 0. The van der Waals surface area contributed by atoms with Gasteiger partial charge in [-0.05, 0) is 19.3 Å². The molecule has 1 atom stereocenters. The van der Waals surface area contributed by atoms with E-state index in [1.807, 2.05) is 6.92 Å². The van der Waals surface area contributed by atoms with Crippen LogP contribution < -0.4 is 11.1 Å². The summed E-state index contributed by atoms with van der Waals surface area (Å²) in [4.78, 5) is 11.7. The van der Waals surface area contributed by atoms with E-state index >= 15 is 0 Å². The molecule has 0 spiro atoms. The second-order valence-corrected chi connectivity index (χ2v) is 4.12. The Kier molecular flexibility index (Phi) is 3.89. The molecule has 4 nitrogen and oxygen atoms in total. The minimum absolute atomic E-state index is 0.0156. The molecule has 1 rings (SSSR count). The third-order valence-corrected chi connectivity index (χ3v) is 3.00. The normalized spacial score (nSPS) is 21.9. The smallest absolute Gasteiger partial charge is 0.240 e. The average molecular weight is 200 g/mol. The van der Waals surface area contributed by atoms with Gasteiger partial charge in [0.1, 0.15) is 0 Å². The average Bonchev–Trinajstić information content (AvgIpc) is 2.62. The molecule has 1 aliphatic rings. The standard InChI is InChI=1S/C10H20N2O2/c1-2-8(7-13)12-9(14)10(11)5-3-4-6-10/h8,13H,2-7,11H2,1H3,(H,12,14)/t8-/m1/s1. The Balaban J connectivity index is 2.48. The van der Waals surface area contributed by atoms with Crippen LogP contribution in [0.3, 0.4) is 0 Å². The monoisotopic (exact) mass is 200 g/mol. The van der Waals surface area contributed by atoms with Gasteiger partial charge in [-0.15, -0.1) is 0 Å². The molecule has 1 amide bonds. The minimum atomic E-state index is -0.678. The predicted molar refractivity (Wildman–Crippen MR) is 54.7 cm³/mol. The molecule has 1 saturated carbocycles. The van der Waals surface area contributed by atoms with Crippen molar-refractivity contribution in [3.05, 3.63) is 0 Å². The van der Waals surface area contributed by atoms with Crippen LogP contribution in [0.2, 0.25) is 0 Å². The number of amides is 1. The molecule has 14 heavy (non-hydrogen) atoms. The van der Waals surface area contributed by atoms with E-state index in [0.717, 1.165) is 32.1 Å². The number of rotatable bonds is 4. The number of hydrogen-bond acceptors (Lipinski definition) is 3. The molecule has 0 saturated heterocycles. The van der Waals surface area contributed by atoms with E-state index in [2.05, 4.69) is 5.32 Å². The van der Waals surface area contributed by atoms with Crippen molar-refractivity contribution < 1.29 is 9.90 Å². The molecular weight excluding hydrogens is 180 g/mol. The van der Waals surface area contributed by atoms with Crippen molar-refractivity contribution in [2.24, 2.45) is 5.73 Å². The van der Waals surface area contributed by atoms with E-state index in [0.29, 0.717) is 0 Å². The van der Waals surface area contributed by atoms with E-state index in [9.17, 15) is 4.79 Å². The summed E-state index contributed by atoms with van der Waals surface area (Å²) in [5.41, 5.74) is 5.29. The summed E-state index contributed by atoms with van der Waals surface area (Å²) in [6.07, 6.45) is 4.32. The van der Waals surface area contributed by atoms with Crippen molar-refractivity contribution in [3.63, 3.8) is 0 Å². The molecule has 0 aromatic carbocycles. The van der Waals surface area contributed by atoms with Gasteiger partial charge in [0.05, 0.1) is 18.2 Å². The fourth-order valence-corrected chi connectivity index (χ4v) is 1.84. The first-order valence-electron chi connectivity index (χ1n) is 5.33. The fraction of sp³-hybridized carbons (Fsp3) is 0.900. The van der Waals surface area contributed by atoms with Gasteiger partial charge in [-0.3, -0.25) is 4.79 Å². The Morgan fingerprint density at radius 1 is 1.57 bits per heavy atom. The molecule has 1 aliphatic carbocycles. The molecule has 0 aliphatic heterocycles. The van der Waals surface area contributed by atoms with Crippen molar-refractivity contribution >= 4 is 5.91 Å². The summed E-state index contributed by atoms with van der Waals surface area (Å²) < 4.78 is 0. The van der Waals surface area contributed by atoms with Gasteiger partial charge >= 0.3 is 0 Å². The lowest BCUT2D eigenvalue weighted by Crippen LogP contribution is -2.55. The number of nitrogens with one attached hydrogen (secondary N) is 1. The molecule has 0 bridgehead atoms. The van der Waals surface area contributed by atoms with Crippen molar-refractivity contribution in [2.75, 3.05) is 6.61 Å². The van der Waals surface area contributed by atoms with Gasteiger partial charge in [-0.1, -0.05) is 19.8 Å². The molecule has 1 fully saturated rings. The Hall–Kier alpha value is -0.610. The van der Waals surface area contributed by atoms with Gasteiger partial charge in [0.25, 0.3) is 0 Å². The SMILES string of the molecule is CC[C@H](CO)NC(=O)C1(N)CCCC1. The van der Waals surface area contributed by atoms with Gasteiger partial charge in [-0.25, -0.2) is 0 Å². The lowest BCUT2D eigenvalue weighted by molar-refractivity contribution is -0.127. The van der Waals surface area contributed by atoms with E-state index in [1.165, 1.54) is 0 Å². The first kappa shape index (κ1) is 11.5. The number of aliphatic hydroxyl groups excluding tert-OH is 1. The highest BCUT2D eigenvalue weighted by molar-refractivity contribution is 5.86. The fourth-order valence-electron chi connectivity index (χ4n) is 1.84. The maximum Gasteiger partial charge on any atom is 0.240 e. The summed E-state index contributed by atoms with van der Waals surface area (Å²) in [7, 11) is 0. The van der Waals surface area contributed by atoms with Crippen LogP contribution in [0.15, 0.2) is 0 Å². The molecular formula is C10H20N2O2. The largest absolute Gasteiger partial charge is 0.394 e. The number of hydrogen-bond donors (Lipinski definition) is 3. The predicted octanol–water partition coefficient (Wildman–Crippen LogP) is 0.145. The van der Waals surface area contributed by atoms with Crippen LogP contribution in [0, 0.1) is 0 Å². The van der Waals surface area contributed by atoms with E-state index in [4.69, 9.17) is 10.8 Å². The lowest BCUT2D eigenvalue weighted by Gasteiger charge is -2.25. The summed E-state index contributed by atoms with van der Waals surface area (Å²) in [5.74, 6) is -0.101. The molecule has 0 heterocycles. The molecule has 0 radical (unpaired) electrons. The Labute approximate surface area is 84.9 Å². The second kappa shape index (κ2) is 4.75. The highest BCUT2D eigenvalue weighted by atomic mass is 16.3. The molecule has 0 aromatic rings. The molecule has 82 valence electrons. The topological polar surface area (TPSA) is 75.3 Å². The van der Waals surface area contributed by atoms with Crippen LogP contribution in [0.25, 0.3) is 0 Å². The summed E-state index contributed by atoms with van der Waals surface area (Å²) in [6, 6.07) is -0.150. The molecule has 4 heteroatoms. The van der Waals surface area contributed by atoms with Gasteiger partial charge in [0.2, 0.25) is 5.91 Å². The van der Waals surface area contributed by atoms with Crippen LogP contribution in [-0.2, 0) is 4.79 Å². The zero-order valence-electron chi connectivity index (χ0n) is 8.75. The third-order valence-electron chi connectivity index (χ3n) is 3.00. The number of carbonyl (C=O) groups excluding carboxylic acids is 1.